The molecule has 1 aromatic carbocycles. The average molecular weight is 414 g/mol. The number of nitrogens with one attached hydrogen (secondary N) is 3. The third-order valence-corrected chi connectivity index (χ3v) is 4.50. The maximum atomic E-state index is 12.4. The quantitative estimate of drug-likeness (QED) is 0.417. The highest BCUT2D eigenvalue weighted by Gasteiger charge is 2.08. The predicted octanol–water partition coefficient (Wildman–Crippen LogP) is 4.28. The molecule has 3 aromatic heterocycles. The molecule has 0 aliphatic carbocycles. The molecule has 8 heteroatoms. The Hall–Kier alpha value is -4.20. The molecule has 3 N–H and O–H groups in total. The molecule has 0 unspecified atom stereocenters. The second kappa shape index (κ2) is 9.08. The van der Waals surface area contributed by atoms with Crippen LogP contribution < -0.4 is 15.4 Å². The number of hydrogen-bond donors (Lipinski definition) is 3. The second-order valence-corrected chi connectivity index (χ2v) is 6.94. The van der Waals surface area contributed by atoms with Gasteiger partial charge in [0.25, 0.3) is 5.91 Å². The van der Waals surface area contributed by atoms with Gasteiger partial charge in [-0.3, -0.25) is 9.78 Å². The van der Waals surface area contributed by atoms with E-state index < -0.39 is 0 Å². The summed E-state index contributed by atoms with van der Waals surface area (Å²) in [5, 5.41) is 6.05. The van der Waals surface area contributed by atoms with Crippen LogP contribution in [0.2, 0.25) is 0 Å². The summed E-state index contributed by atoms with van der Waals surface area (Å²) in [6.45, 7) is 4.18. The molecule has 0 aliphatic rings. The van der Waals surface area contributed by atoms with Crippen molar-refractivity contribution in [3.63, 3.8) is 0 Å². The van der Waals surface area contributed by atoms with Crippen LogP contribution in [0.3, 0.4) is 0 Å². The van der Waals surface area contributed by atoms with E-state index in [0.29, 0.717) is 35.2 Å². The van der Waals surface area contributed by atoms with Crippen molar-refractivity contribution in [2.75, 3.05) is 5.32 Å². The summed E-state index contributed by atoms with van der Waals surface area (Å²) in [5.41, 5.74) is 3.03. The number of H-pyrrole nitrogens is 1. The van der Waals surface area contributed by atoms with Crippen molar-refractivity contribution in [2.24, 2.45) is 0 Å². The van der Waals surface area contributed by atoms with Crippen molar-refractivity contribution in [1.29, 1.82) is 0 Å². The summed E-state index contributed by atoms with van der Waals surface area (Å²) in [4.78, 5) is 28.2. The summed E-state index contributed by atoms with van der Waals surface area (Å²) >= 11 is 0. The molecule has 0 fully saturated rings. The van der Waals surface area contributed by atoms with Crippen LogP contribution in [0.5, 0.6) is 11.5 Å². The Bertz CT molecular complexity index is 1190. The molecule has 0 aliphatic heterocycles. The normalized spacial score (nSPS) is 10.5. The summed E-state index contributed by atoms with van der Waals surface area (Å²) in [6.07, 6.45) is 5.02. The topological polar surface area (TPSA) is 105 Å². The van der Waals surface area contributed by atoms with Crippen molar-refractivity contribution in [3.8, 4) is 11.5 Å². The van der Waals surface area contributed by atoms with Gasteiger partial charge in [-0.1, -0.05) is 6.07 Å². The largest absolute Gasteiger partial charge is 0.455 e. The van der Waals surface area contributed by atoms with Gasteiger partial charge in [0.15, 0.2) is 0 Å². The van der Waals surface area contributed by atoms with Gasteiger partial charge in [0, 0.05) is 41.6 Å². The molecule has 0 atom stereocenters. The molecule has 4 aromatic rings. The standard InChI is InChI=1S/C23H22N6O2/c1-15-6-7-20(16(2)28-15)31-19-8-9-24-21(13-19)29-18-5-3-4-17(12-18)23(30)27-14-22-25-10-11-26-22/h3-13H,14H2,1-2H3,(H,24,29)(H,25,26)(H,27,30). The second-order valence-electron chi connectivity index (χ2n) is 6.94. The SMILES string of the molecule is Cc1ccc(Oc2ccnc(Nc3cccc(C(=O)NCc4ncc[nH]4)c3)c2)c(C)n1. The zero-order chi connectivity index (χ0) is 21.6. The van der Waals surface area contributed by atoms with E-state index in [-0.39, 0.29) is 5.91 Å². The van der Waals surface area contributed by atoms with E-state index in [9.17, 15) is 4.79 Å². The molecule has 0 saturated heterocycles. The molecule has 8 nitrogen and oxygen atoms in total. The first-order valence-electron chi connectivity index (χ1n) is 9.78. The number of hydrogen-bond acceptors (Lipinski definition) is 6. The number of amides is 1. The van der Waals surface area contributed by atoms with Crippen LogP contribution in [-0.4, -0.2) is 25.8 Å². The number of nitrogens with zero attached hydrogens (tertiary/aromatic N) is 3. The van der Waals surface area contributed by atoms with E-state index in [2.05, 4.69) is 30.6 Å². The van der Waals surface area contributed by atoms with Gasteiger partial charge in [0.1, 0.15) is 23.1 Å². The Kier molecular flexibility index (Phi) is 5.89. The summed E-state index contributed by atoms with van der Waals surface area (Å²) < 4.78 is 5.96. The number of aryl methyl sites for hydroxylation is 2. The number of rotatable bonds is 7. The van der Waals surface area contributed by atoms with Crippen molar-refractivity contribution in [1.82, 2.24) is 25.3 Å². The highest BCUT2D eigenvalue weighted by atomic mass is 16.5. The highest BCUT2D eigenvalue weighted by Crippen LogP contribution is 2.26. The van der Waals surface area contributed by atoms with Gasteiger partial charge >= 0.3 is 0 Å². The first-order chi connectivity index (χ1) is 15.1. The molecule has 0 saturated carbocycles. The first kappa shape index (κ1) is 20.1. The fourth-order valence-electron chi connectivity index (χ4n) is 3.00. The Labute approximate surface area is 179 Å². The fraction of sp³-hybridized carbons (Fsp3) is 0.130. The molecule has 0 bridgehead atoms. The molecule has 1 amide bonds. The van der Waals surface area contributed by atoms with Gasteiger partial charge in [-0.2, -0.15) is 0 Å². The van der Waals surface area contributed by atoms with Crippen LogP contribution in [-0.2, 0) is 6.54 Å². The number of ether oxygens (including phenoxy) is 1. The predicted molar refractivity (Wildman–Crippen MR) is 118 cm³/mol. The molecule has 0 radical (unpaired) electrons. The van der Waals surface area contributed by atoms with Crippen LogP contribution in [0.25, 0.3) is 0 Å². The van der Waals surface area contributed by atoms with Crippen molar-refractivity contribution in [2.45, 2.75) is 20.4 Å². The Balaban J connectivity index is 1.43. The number of aromatic amines is 1. The minimum Gasteiger partial charge on any atom is -0.455 e. The number of pyridine rings is 2. The molecular weight excluding hydrogens is 392 g/mol. The van der Waals surface area contributed by atoms with E-state index in [4.69, 9.17) is 4.74 Å². The van der Waals surface area contributed by atoms with E-state index >= 15 is 0 Å². The van der Waals surface area contributed by atoms with Gasteiger partial charge in [-0.15, -0.1) is 0 Å². The lowest BCUT2D eigenvalue weighted by molar-refractivity contribution is 0.0950. The molecule has 3 heterocycles. The van der Waals surface area contributed by atoms with E-state index in [1.54, 1.807) is 42.9 Å². The smallest absolute Gasteiger partial charge is 0.251 e. The van der Waals surface area contributed by atoms with Crippen molar-refractivity contribution in [3.05, 3.63) is 89.9 Å². The van der Waals surface area contributed by atoms with Crippen LogP contribution in [0.15, 0.2) is 67.1 Å². The minimum absolute atomic E-state index is 0.188. The lowest BCUT2D eigenvalue weighted by atomic mass is 10.2. The average Bonchev–Trinajstić information content (AvgIpc) is 3.28. The van der Waals surface area contributed by atoms with E-state index in [0.717, 1.165) is 17.1 Å². The Morgan fingerprint density at radius 3 is 2.77 bits per heavy atom. The van der Waals surface area contributed by atoms with Crippen LogP contribution in [0.4, 0.5) is 11.5 Å². The number of carbonyl (C=O) groups is 1. The van der Waals surface area contributed by atoms with E-state index in [1.165, 1.54) is 0 Å². The number of anilines is 2. The van der Waals surface area contributed by atoms with Gasteiger partial charge < -0.3 is 20.4 Å². The van der Waals surface area contributed by atoms with Gasteiger partial charge in [0.05, 0.1) is 12.2 Å². The summed E-state index contributed by atoms with van der Waals surface area (Å²) in [5.74, 6) is 2.44. The third-order valence-electron chi connectivity index (χ3n) is 4.50. The van der Waals surface area contributed by atoms with Crippen molar-refractivity contribution < 1.29 is 9.53 Å². The lowest BCUT2D eigenvalue weighted by Gasteiger charge is -2.11. The molecule has 31 heavy (non-hydrogen) atoms. The first-order valence-corrected chi connectivity index (χ1v) is 9.78. The number of imidazole rings is 1. The number of aromatic nitrogens is 4. The summed E-state index contributed by atoms with van der Waals surface area (Å²) in [7, 11) is 0. The molecular formula is C23H22N6O2. The van der Waals surface area contributed by atoms with Crippen LogP contribution >= 0.6 is 0 Å². The molecule has 0 spiro atoms. The minimum atomic E-state index is -0.188. The summed E-state index contributed by atoms with van der Waals surface area (Å²) in [6, 6.07) is 14.6. The lowest BCUT2D eigenvalue weighted by Crippen LogP contribution is -2.23. The highest BCUT2D eigenvalue weighted by molar-refractivity contribution is 5.95. The number of carbonyl (C=O) groups excluding carboxylic acids is 1. The third kappa shape index (κ3) is 5.24. The van der Waals surface area contributed by atoms with Crippen LogP contribution in [0, 0.1) is 13.8 Å². The van der Waals surface area contributed by atoms with Crippen LogP contribution in [0.1, 0.15) is 27.6 Å². The molecule has 4 rings (SSSR count). The number of benzene rings is 1. The maximum Gasteiger partial charge on any atom is 0.251 e. The Morgan fingerprint density at radius 1 is 1.06 bits per heavy atom. The van der Waals surface area contributed by atoms with Crippen molar-refractivity contribution >= 4 is 17.4 Å². The zero-order valence-electron chi connectivity index (χ0n) is 17.2. The van der Waals surface area contributed by atoms with Gasteiger partial charge in [0.2, 0.25) is 0 Å². The fourth-order valence-corrected chi connectivity index (χ4v) is 3.00. The maximum absolute atomic E-state index is 12.4. The Morgan fingerprint density at radius 2 is 1.97 bits per heavy atom. The van der Waals surface area contributed by atoms with E-state index in [1.807, 2.05) is 38.1 Å². The monoisotopic (exact) mass is 414 g/mol. The van der Waals surface area contributed by atoms with Gasteiger partial charge in [-0.05, 0) is 50.2 Å². The zero-order valence-corrected chi connectivity index (χ0v) is 17.2. The molecule has 156 valence electrons. The van der Waals surface area contributed by atoms with Gasteiger partial charge in [-0.25, -0.2) is 9.97 Å².